The number of anilines is 1. The Balaban J connectivity index is 0.000000258. The van der Waals surface area contributed by atoms with E-state index in [0.29, 0.717) is 12.2 Å². The third-order valence-electron chi connectivity index (χ3n) is 4.15. The molecular formula is C19H20N6O4. The van der Waals surface area contributed by atoms with Crippen molar-refractivity contribution in [1.82, 2.24) is 25.1 Å². The zero-order valence-electron chi connectivity index (χ0n) is 15.5. The van der Waals surface area contributed by atoms with Gasteiger partial charge < -0.3 is 20.4 Å². The topological polar surface area (TPSA) is 133 Å². The first-order valence-corrected chi connectivity index (χ1v) is 8.90. The van der Waals surface area contributed by atoms with Crippen LogP contribution in [0.5, 0.6) is 0 Å². The van der Waals surface area contributed by atoms with Gasteiger partial charge in [0, 0.05) is 38.3 Å². The molecule has 4 rings (SSSR count). The highest BCUT2D eigenvalue weighted by atomic mass is 16.4. The Labute approximate surface area is 166 Å². The van der Waals surface area contributed by atoms with Crippen molar-refractivity contribution >= 4 is 28.8 Å². The molecule has 1 aromatic carbocycles. The van der Waals surface area contributed by atoms with Gasteiger partial charge in [-0.25, -0.2) is 14.6 Å². The van der Waals surface area contributed by atoms with Crippen LogP contribution in [0.2, 0.25) is 0 Å². The summed E-state index contributed by atoms with van der Waals surface area (Å²) in [6.07, 6.45) is 2.91. The summed E-state index contributed by atoms with van der Waals surface area (Å²) in [7, 11) is 0. The van der Waals surface area contributed by atoms with Crippen molar-refractivity contribution in [3.63, 3.8) is 0 Å². The Bertz CT molecular complexity index is 993. The average Bonchev–Trinajstić information content (AvgIpc) is 3.18. The fourth-order valence-corrected chi connectivity index (χ4v) is 2.79. The van der Waals surface area contributed by atoms with Gasteiger partial charge in [0.05, 0.1) is 11.0 Å². The van der Waals surface area contributed by atoms with Gasteiger partial charge in [0.1, 0.15) is 6.33 Å². The summed E-state index contributed by atoms with van der Waals surface area (Å²) in [5.41, 5.74) is 2.01. The van der Waals surface area contributed by atoms with Gasteiger partial charge in [-0.3, -0.25) is 4.57 Å². The average molecular weight is 396 g/mol. The molecule has 150 valence electrons. The van der Waals surface area contributed by atoms with Gasteiger partial charge in [0.2, 0.25) is 0 Å². The van der Waals surface area contributed by atoms with Crippen LogP contribution < -0.4 is 10.2 Å². The highest BCUT2D eigenvalue weighted by molar-refractivity contribution is 5.89. The van der Waals surface area contributed by atoms with Crippen molar-refractivity contribution in [2.75, 3.05) is 31.1 Å². The Kier molecular flexibility index (Phi) is 6.48. The minimum atomic E-state index is -1.26. The second kappa shape index (κ2) is 9.42. The Morgan fingerprint density at radius 2 is 1.55 bits per heavy atom. The highest BCUT2D eigenvalue weighted by Gasteiger charge is 2.12. The third kappa shape index (κ3) is 5.36. The number of benzene rings is 1. The number of hydrogen-bond acceptors (Lipinski definition) is 7. The van der Waals surface area contributed by atoms with E-state index in [1.165, 1.54) is 0 Å². The van der Waals surface area contributed by atoms with E-state index in [4.69, 9.17) is 10.2 Å². The van der Waals surface area contributed by atoms with E-state index >= 15 is 0 Å². The van der Waals surface area contributed by atoms with E-state index in [9.17, 15) is 9.59 Å². The number of para-hydroxylation sites is 2. The predicted molar refractivity (Wildman–Crippen MR) is 106 cm³/mol. The van der Waals surface area contributed by atoms with Crippen LogP contribution in [-0.4, -0.2) is 68.1 Å². The molecule has 1 aliphatic heterocycles. The number of carboxylic acids is 2. The number of imidazole rings is 1. The molecule has 0 saturated carbocycles. The lowest BCUT2D eigenvalue weighted by Gasteiger charge is -2.27. The maximum Gasteiger partial charge on any atom is 0.328 e. The van der Waals surface area contributed by atoms with E-state index in [2.05, 4.69) is 25.4 Å². The lowest BCUT2D eigenvalue weighted by molar-refractivity contribution is -0.134. The van der Waals surface area contributed by atoms with E-state index in [1.54, 1.807) is 6.33 Å². The number of carbonyl (C=O) groups is 2. The summed E-state index contributed by atoms with van der Waals surface area (Å²) in [6.45, 7) is 3.94. The Hall–Kier alpha value is -3.79. The quantitative estimate of drug-likeness (QED) is 0.551. The van der Waals surface area contributed by atoms with Gasteiger partial charge in [-0.05, 0) is 24.3 Å². The van der Waals surface area contributed by atoms with Crippen LogP contribution in [0, 0.1) is 0 Å². The van der Waals surface area contributed by atoms with Gasteiger partial charge in [0.25, 0.3) is 0 Å². The molecule has 3 heterocycles. The van der Waals surface area contributed by atoms with Gasteiger partial charge >= 0.3 is 11.9 Å². The van der Waals surface area contributed by atoms with Crippen LogP contribution in [0.25, 0.3) is 16.9 Å². The number of aromatic nitrogens is 4. The van der Waals surface area contributed by atoms with Crippen molar-refractivity contribution in [3.05, 3.63) is 54.9 Å². The molecule has 1 fully saturated rings. The molecule has 3 N–H and O–H groups in total. The summed E-state index contributed by atoms with van der Waals surface area (Å²) < 4.78 is 1.96. The van der Waals surface area contributed by atoms with E-state index < -0.39 is 11.9 Å². The molecule has 2 aromatic heterocycles. The fourth-order valence-electron chi connectivity index (χ4n) is 2.79. The maximum absolute atomic E-state index is 9.55. The minimum absolute atomic E-state index is 0.558. The molecule has 0 amide bonds. The van der Waals surface area contributed by atoms with E-state index in [-0.39, 0.29) is 0 Å². The van der Waals surface area contributed by atoms with Crippen LogP contribution in [0.3, 0.4) is 0 Å². The lowest BCUT2D eigenvalue weighted by atomic mass is 10.3. The molecule has 29 heavy (non-hydrogen) atoms. The van der Waals surface area contributed by atoms with Gasteiger partial charge in [0.15, 0.2) is 11.6 Å². The first-order chi connectivity index (χ1) is 14.0. The first-order valence-electron chi connectivity index (χ1n) is 8.90. The monoisotopic (exact) mass is 396 g/mol. The summed E-state index contributed by atoms with van der Waals surface area (Å²) in [5.74, 6) is -0.785. The second-order valence-corrected chi connectivity index (χ2v) is 6.10. The number of aliphatic carboxylic acids is 2. The molecule has 0 atom stereocenters. The molecule has 0 unspecified atom stereocenters. The number of piperazine rings is 1. The zero-order chi connectivity index (χ0) is 20.6. The SMILES string of the molecule is O=C(O)/C=C/C(=O)O.c1ccc2c(c1)ncn2-c1ccc(N2CCNCC2)nn1. The molecule has 1 aliphatic rings. The number of rotatable bonds is 4. The molecule has 0 radical (unpaired) electrons. The summed E-state index contributed by atoms with van der Waals surface area (Å²) in [4.78, 5) is 25.7. The number of hydrogen-bond donors (Lipinski definition) is 3. The van der Waals surface area contributed by atoms with Crippen LogP contribution in [0.4, 0.5) is 5.82 Å². The van der Waals surface area contributed by atoms with Crippen molar-refractivity contribution in [1.29, 1.82) is 0 Å². The first kappa shape index (κ1) is 20.0. The van der Waals surface area contributed by atoms with Crippen LogP contribution in [0.1, 0.15) is 0 Å². The van der Waals surface area contributed by atoms with Gasteiger partial charge in [-0.2, -0.15) is 0 Å². The molecule has 10 nitrogen and oxygen atoms in total. The number of nitrogens with one attached hydrogen (secondary N) is 1. The summed E-state index contributed by atoms with van der Waals surface area (Å²) in [5, 5.41) is 27.7. The van der Waals surface area contributed by atoms with Crippen LogP contribution >= 0.6 is 0 Å². The number of nitrogens with zero attached hydrogens (tertiary/aromatic N) is 5. The normalized spacial score (nSPS) is 13.9. The molecular weight excluding hydrogens is 376 g/mol. The van der Waals surface area contributed by atoms with E-state index in [1.807, 2.05) is 41.0 Å². The smallest absolute Gasteiger partial charge is 0.328 e. The van der Waals surface area contributed by atoms with Crippen molar-refractivity contribution < 1.29 is 19.8 Å². The molecule has 0 aliphatic carbocycles. The standard InChI is InChI=1S/C15H16N6.C4H4O4/c1-2-4-13-12(3-1)17-11-21(13)15-6-5-14(18-19-15)20-9-7-16-8-10-20;5-3(6)1-2-4(7)8/h1-6,11,16H,7-10H2;1-2H,(H,5,6)(H,7,8)/b;2-1+. The number of fused-ring (bicyclic) bond motifs is 1. The van der Waals surface area contributed by atoms with Crippen molar-refractivity contribution in [3.8, 4) is 5.82 Å². The summed E-state index contributed by atoms with van der Waals surface area (Å²) >= 11 is 0. The number of carboxylic acid groups (broad SMARTS) is 2. The summed E-state index contributed by atoms with van der Waals surface area (Å²) in [6, 6.07) is 12.0. The van der Waals surface area contributed by atoms with Crippen molar-refractivity contribution in [2.45, 2.75) is 0 Å². The highest BCUT2D eigenvalue weighted by Crippen LogP contribution is 2.17. The second-order valence-electron chi connectivity index (χ2n) is 6.10. The fraction of sp³-hybridized carbons (Fsp3) is 0.211. The Morgan fingerprint density at radius 1 is 0.931 bits per heavy atom. The third-order valence-corrected chi connectivity index (χ3v) is 4.15. The van der Waals surface area contributed by atoms with Gasteiger partial charge in [-0.1, -0.05) is 12.1 Å². The maximum atomic E-state index is 9.55. The van der Waals surface area contributed by atoms with Crippen LogP contribution in [0.15, 0.2) is 54.9 Å². The van der Waals surface area contributed by atoms with E-state index in [0.717, 1.165) is 48.8 Å². The van der Waals surface area contributed by atoms with Gasteiger partial charge in [-0.15, -0.1) is 10.2 Å². The van der Waals surface area contributed by atoms with Crippen LogP contribution in [-0.2, 0) is 9.59 Å². The largest absolute Gasteiger partial charge is 0.478 e. The van der Waals surface area contributed by atoms with Crippen molar-refractivity contribution in [2.24, 2.45) is 0 Å². The lowest BCUT2D eigenvalue weighted by Crippen LogP contribution is -2.43. The molecule has 10 heteroatoms. The minimum Gasteiger partial charge on any atom is -0.478 e. The predicted octanol–water partition coefficient (Wildman–Crippen LogP) is 0.937. The molecule has 0 spiro atoms. The molecule has 0 bridgehead atoms. The molecule has 1 saturated heterocycles. The molecule has 3 aromatic rings. The zero-order valence-corrected chi connectivity index (χ0v) is 15.5. The Morgan fingerprint density at radius 3 is 2.17 bits per heavy atom.